The van der Waals surface area contributed by atoms with Gasteiger partial charge in [0, 0.05) is 6.54 Å². The summed E-state index contributed by atoms with van der Waals surface area (Å²) in [5.41, 5.74) is 4.40. The maximum absolute atomic E-state index is 14.8. The molecule has 2 fully saturated rings. The number of hydrogen-bond acceptors (Lipinski definition) is 4. The number of nitrogens with zero attached hydrogens (tertiary/aromatic N) is 1. The second-order valence-electron chi connectivity index (χ2n) is 13.9. The van der Waals surface area contributed by atoms with Gasteiger partial charge < -0.3 is 9.39 Å². The minimum absolute atomic E-state index is 0.121. The molecule has 47 heavy (non-hydrogen) atoms. The molecule has 0 N–H and O–H groups in total. The summed E-state index contributed by atoms with van der Waals surface area (Å²) in [6.45, 7) is 10.1. The van der Waals surface area contributed by atoms with E-state index in [9.17, 15) is 8.42 Å². The van der Waals surface area contributed by atoms with E-state index >= 15 is 0 Å². The largest absolute Gasteiger partial charge is 0.536 e. The van der Waals surface area contributed by atoms with Gasteiger partial charge in [0.2, 0.25) is 10.0 Å². The van der Waals surface area contributed by atoms with E-state index < -0.39 is 22.2 Å². The van der Waals surface area contributed by atoms with Crippen LogP contribution in [0.2, 0.25) is 11.6 Å². The lowest BCUT2D eigenvalue weighted by Gasteiger charge is -2.38. The zero-order valence-electron chi connectivity index (χ0n) is 29.2. The average Bonchev–Trinajstić information content (AvgIpc) is 3.08. The van der Waals surface area contributed by atoms with Gasteiger partial charge >= 0.3 is 6.92 Å². The Kier molecular flexibility index (Phi) is 12.3. The van der Waals surface area contributed by atoms with Crippen molar-refractivity contribution < 1.29 is 17.8 Å². The van der Waals surface area contributed by atoms with Crippen molar-refractivity contribution in [3.63, 3.8) is 0 Å². The molecule has 0 unspecified atom stereocenters. The predicted molar refractivity (Wildman–Crippen MR) is 194 cm³/mol. The van der Waals surface area contributed by atoms with Gasteiger partial charge in [0.1, 0.15) is 6.10 Å². The summed E-state index contributed by atoms with van der Waals surface area (Å²) in [5, 5.41) is 0. The number of aryl methyl sites for hydroxylation is 3. The Labute approximate surface area is 284 Å². The summed E-state index contributed by atoms with van der Waals surface area (Å²) < 4.78 is 45.2. The summed E-state index contributed by atoms with van der Waals surface area (Å²) in [4.78, 5) is 0.370. The first-order valence-electron chi connectivity index (χ1n) is 17.9. The molecular weight excluding hydrogens is 601 g/mol. The third-order valence-electron chi connectivity index (χ3n) is 10.3. The molecule has 3 aromatic rings. The van der Waals surface area contributed by atoms with Crippen LogP contribution in [0, 0.1) is 20.8 Å². The summed E-state index contributed by atoms with van der Waals surface area (Å²) >= 11 is 0. The van der Waals surface area contributed by atoms with Crippen LogP contribution < -0.4 is 0 Å². The lowest BCUT2D eigenvalue weighted by molar-refractivity contribution is 0.00126. The van der Waals surface area contributed by atoms with E-state index in [2.05, 4.69) is 0 Å². The lowest BCUT2D eigenvalue weighted by atomic mass is 9.42. The molecule has 0 spiro atoms. The minimum atomic E-state index is -3.94. The Morgan fingerprint density at radius 3 is 1.85 bits per heavy atom. The van der Waals surface area contributed by atoms with Gasteiger partial charge in [0.25, 0.3) is 5.95 Å². The van der Waals surface area contributed by atoms with Crippen molar-refractivity contribution in [2.45, 2.75) is 134 Å². The highest BCUT2D eigenvalue weighted by molar-refractivity contribution is 7.89. The molecule has 5 rings (SSSR count). The van der Waals surface area contributed by atoms with Gasteiger partial charge in [0.05, 0.1) is 10.9 Å². The average molecular weight is 656 g/mol. The number of ether oxygens (including phenoxy) is 1. The molecule has 7 heteroatoms. The molecule has 0 saturated heterocycles. The quantitative estimate of drug-likeness (QED) is 0.136. The number of allylic oxidation sites excluding steroid dienone is 1. The normalized spacial score (nSPS) is 18.1. The molecule has 0 radical (unpaired) electrons. The second-order valence-corrected chi connectivity index (χ2v) is 15.8. The summed E-state index contributed by atoms with van der Waals surface area (Å²) in [5.74, 6) is 1.56. The van der Waals surface area contributed by atoms with E-state index in [0.717, 1.165) is 27.8 Å². The van der Waals surface area contributed by atoms with Crippen LogP contribution in [0.5, 0.6) is 0 Å². The lowest BCUT2D eigenvalue weighted by Crippen LogP contribution is -2.43. The van der Waals surface area contributed by atoms with Crippen molar-refractivity contribution >= 4 is 16.9 Å². The van der Waals surface area contributed by atoms with Gasteiger partial charge in [-0.25, -0.2) is 8.42 Å². The fourth-order valence-corrected chi connectivity index (χ4v) is 10.1. The molecular formula is C40H54BNO4S. The Morgan fingerprint density at radius 2 is 1.34 bits per heavy atom. The third kappa shape index (κ3) is 8.72. The maximum atomic E-state index is 14.8. The Bertz CT molecular complexity index is 1520. The third-order valence-corrected chi connectivity index (χ3v) is 12.6. The van der Waals surface area contributed by atoms with Crippen LogP contribution >= 0.6 is 0 Å². The van der Waals surface area contributed by atoms with E-state index in [0.29, 0.717) is 22.5 Å². The van der Waals surface area contributed by atoms with Crippen LogP contribution in [-0.4, -0.2) is 25.7 Å². The summed E-state index contributed by atoms with van der Waals surface area (Å²) in [6.07, 6.45) is 13.8. The van der Waals surface area contributed by atoms with E-state index in [1.807, 2.05) is 113 Å². The van der Waals surface area contributed by atoms with Gasteiger partial charge in [0.15, 0.2) is 0 Å². The molecule has 0 aliphatic heterocycles. The standard InChI is InChI=1S/C40H54BNO4S/c1-6-38(46-41(36-23-15-9-16-24-36)37-25-17-10-18-26-37)45-39(35-21-13-8-14-22-35)33(5)42(29-34-19-11-7-12-20-34)47(43,44)40-31(3)27-30(2)28-32(40)4/h6-8,11-14,19-22,27-28,33,36-37,39H,9-10,15-18,23-26,29H2,1-5H3/t33-,39-/m1/s1. The second kappa shape index (κ2) is 16.4. The smallest absolute Gasteiger partial charge is 0.368 e. The van der Waals surface area contributed by atoms with E-state index in [1.54, 1.807) is 4.31 Å². The molecule has 252 valence electrons. The fourth-order valence-electron chi connectivity index (χ4n) is 8.07. The molecule has 3 aromatic carbocycles. The Balaban J connectivity index is 1.52. The van der Waals surface area contributed by atoms with Crippen LogP contribution in [0.1, 0.15) is 112 Å². The molecule has 2 aliphatic carbocycles. The first-order valence-corrected chi connectivity index (χ1v) is 19.3. The van der Waals surface area contributed by atoms with Crippen molar-refractivity contribution in [1.29, 1.82) is 0 Å². The highest BCUT2D eigenvalue weighted by Gasteiger charge is 2.41. The van der Waals surface area contributed by atoms with E-state index in [-0.39, 0.29) is 13.5 Å². The van der Waals surface area contributed by atoms with Crippen LogP contribution in [-0.2, 0) is 26.0 Å². The molecule has 5 nitrogen and oxygen atoms in total. The van der Waals surface area contributed by atoms with Gasteiger partial charge in [-0.05, 0) is 74.6 Å². The zero-order chi connectivity index (χ0) is 33.4. The molecule has 2 atom stereocenters. The van der Waals surface area contributed by atoms with Gasteiger partial charge in [-0.3, -0.25) is 0 Å². The molecule has 0 bridgehead atoms. The molecule has 2 aliphatic rings. The molecule has 0 aromatic heterocycles. The van der Waals surface area contributed by atoms with Crippen LogP contribution in [0.3, 0.4) is 0 Å². The van der Waals surface area contributed by atoms with Crippen molar-refractivity contribution in [2.24, 2.45) is 0 Å². The van der Waals surface area contributed by atoms with Crippen LogP contribution in [0.25, 0.3) is 0 Å². The van der Waals surface area contributed by atoms with Crippen molar-refractivity contribution in [3.8, 4) is 0 Å². The van der Waals surface area contributed by atoms with Crippen LogP contribution in [0.4, 0.5) is 0 Å². The van der Waals surface area contributed by atoms with Crippen molar-refractivity contribution in [2.75, 3.05) is 0 Å². The summed E-state index contributed by atoms with van der Waals surface area (Å²) in [6, 6.07) is 23.2. The van der Waals surface area contributed by atoms with Gasteiger partial charge in [-0.2, -0.15) is 4.31 Å². The molecule has 0 heterocycles. The Morgan fingerprint density at radius 1 is 0.830 bits per heavy atom. The van der Waals surface area contributed by atoms with Gasteiger partial charge in [-0.1, -0.05) is 143 Å². The monoisotopic (exact) mass is 655 g/mol. The number of rotatable bonds is 13. The Hall–Kier alpha value is -3.03. The van der Waals surface area contributed by atoms with Crippen molar-refractivity contribution in [1.82, 2.24) is 4.31 Å². The molecule has 0 amide bonds. The minimum Gasteiger partial charge on any atom is -0.536 e. The van der Waals surface area contributed by atoms with E-state index in [1.165, 1.54) is 64.2 Å². The van der Waals surface area contributed by atoms with Crippen molar-refractivity contribution in [3.05, 3.63) is 113 Å². The van der Waals surface area contributed by atoms with Crippen LogP contribution in [0.15, 0.2) is 89.7 Å². The predicted octanol–water partition coefficient (Wildman–Crippen LogP) is 10.5. The SMILES string of the molecule is CC=C(OB(C1CCCCC1)C1CCCCC1)O[C@@H](c1ccccc1)[C@@H](C)N(Cc1ccccc1)S(=O)(=O)c1c(C)cc(C)cc1C. The topological polar surface area (TPSA) is 55.8 Å². The maximum Gasteiger partial charge on any atom is 0.368 e. The summed E-state index contributed by atoms with van der Waals surface area (Å²) in [7, 11) is -3.94. The van der Waals surface area contributed by atoms with Gasteiger partial charge in [-0.15, -0.1) is 0 Å². The highest BCUT2D eigenvalue weighted by atomic mass is 32.2. The number of benzene rings is 3. The first-order chi connectivity index (χ1) is 22.7. The molecule has 2 saturated carbocycles. The fraction of sp³-hybridized carbons (Fsp3) is 0.500. The number of hydrogen-bond donors (Lipinski definition) is 0. The van der Waals surface area contributed by atoms with E-state index in [4.69, 9.17) is 9.39 Å². The highest BCUT2D eigenvalue weighted by Crippen LogP contribution is 2.43. The first kappa shape index (κ1) is 35.3. The zero-order valence-corrected chi connectivity index (χ0v) is 30.0. The number of sulfonamides is 1.